The van der Waals surface area contributed by atoms with Crippen molar-refractivity contribution in [3.05, 3.63) is 83.7 Å². The minimum absolute atomic E-state index is 0.226. The molecule has 0 aliphatic carbocycles. The van der Waals surface area contributed by atoms with Crippen molar-refractivity contribution in [1.82, 2.24) is 9.55 Å². The summed E-state index contributed by atoms with van der Waals surface area (Å²) < 4.78 is 17.7. The molecular formula is C28H28N2O5. The summed E-state index contributed by atoms with van der Waals surface area (Å²) >= 11 is 0. The summed E-state index contributed by atoms with van der Waals surface area (Å²) in [6.45, 7) is 5.51. The highest BCUT2D eigenvalue weighted by molar-refractivity contribution is 6.00. The van der Waals surface area contributed by atoms with Gasteiger partial charge in [-0.25, -0.2) is 19.1 Å². The number of carbonyl (C=O) groups excluding carboxylic acids is 2. The molecule has 0 aliphatic heterocycles. The fraction of sp³-hybridized carbons (Fsp3) is 0.250. The highest BCUT2D eigenvalue weighted by Crippen LogP contribution is 2.37. The minimum atomic E-state index is -0.683. The zero-order valence-corrected chi connectivity index (χ0v) is 20.5. The predicted molar refractivity (Wildman–Crippen MR) is 134 cm³/mol. The lowest BCUT2D eigenvalue weighted by molar-refractivity contribution is 0.0545. The second kappa shape index (κ2) is 9.62. The molecule has 7 nitrogen and oxygen atoms in total. The van der Waals surface area contributed by atoms with Gasteiger partial charge in [0.05, 0.1) is 25.4 Å². The third-order valence-electron chi connectivity index (χ3n) is 5.46. The number of benzene rings is 2. The largest absolute Gasteiger partial charge is 0.497 e. The molecule has 0 N–H and O–H groups in total. The Morgan fingerprint density at radius 3 is 2.34 bits per heavy atom. The molecule has 0 saturated carbocycles. The van der Waals surface area contributed by atoms with E-state index in [2.05, 4.69) is 4.98 Å². The van der Waals surface area contributed by atoms with E-state index in [1.807, 2.05) is 75.4 Å². The molecule has 0 saturated heterocycles. The summed E-state index contributed by atoms with van der Waals surface area (Å²) in [6, 6.07) is 20.5. The van der Waals surface area contributed by atoms with Crippen LogP contribution in [0, 0.1) is 0 Å². The van der Waals surface area contributed by atoms with Crippen LogP contribution in [0.2, 0.25) is 0 Å². The van der Waals surface area contributed by atoms with Crippen molar-refractivity contribution in [2.45, 2.75) is 32.8 Å². The van der Waals surface area contributed by atoms with Crippen LogP contribution >= 0.6 is 0 Å². The molecule has 2 aromatic carbocycles. The van der Waals surface area contributed by atoms with Gasteiger partial charge in [-0.2, -0.15) is 0 Å². The van der Waals surface area contributed by atoms with Gasteiger partial charge in [0.1, 0.15) is 17.0 Å². The Bertz CT molecular complexity index is 1380. The fourth-order valence-corrected chi connectivity index (χ4v) is 4.01. The molecule has 0 amide bonds. The summed E-state index contributed by atoms with van der Waals surface area (Å²) in [5.41, 5.74) is 3.32. The van der Waals surface area contributed by atoms with Crippen LogP contribution in [-0.4, -0.2) is 41.4 Å². The highest BCUT2D eigenvalue weighted by Gasteiger charge is 2.27. The molecule has 0 unspecified atom stereocenters. The van der Waals surface area contributed by atoms with Gasteiger partial charge in [-0.15, -0.1) is 0 Å². The Morgan fingerprint density at radius 2 is 1.69 bits per heavy atom. The lowest BCUT2D eigenvalue weighted by Crippen LogP contribution is -2.27. The molecule has 0 atom stereocenters. The number of fused-ring (bicyclic) bond motifs is 1. The number of carbonyl (C=O) groups is 2. The van der Waals surface area contributed by atoms with E-state index in [0.29, 0.717) is 29.1 Å². The summed E-state index contributed by atoms with van der Waals surface area (Å²) in [5.74, 6) is 0.118. The molecule has 0 spiro atoms. The van der Waals surface area contributed by atoms with E-state index >= 15 is 0 Å². The van der Waals surface area contributed by atoms with E-state index in [1.165, 1.54) is 7.11 Å². The van der Waals surface area contributed by atoms with Crippen LogP contribution in [0.15, 0.2) is 66.7 Å². The fourth-order valence-electron chi connectivity index (χ4n) is 4.01. The van der Waals surface area contributed by atoms with E-state index in [1.54, 1.807) is 23.8 Å². The smallest absolute Gasteiger partial charge is 0.419 e. The van der Waals surface area contributed by atoms with Gasteiger partial charge in [-0.1, -0.05) is 36.4 Å². The lowest BCUT2D eigenvalue weighted by Gasteiger charge is -2.21. The minimum Gasteiger partial charge on any atom is -0.497 e. The van der Waals surface area contributed by atoms with Gasteiger partial charge >= 0.3 is 12.1 Å². The van der Waals surface area contributed by atoms with Crippen molar-refractivity contribution in [1.29, 1.82) is 0 Å². The van der Waals surface area contributed by atoms with Crippen LogP contribution in [0.1, 0.15) is 42.5 Å². The molecule has 2 aromatic heterocycles. The van der Waals surface area contributed by atoms with Gasteiger partial charge in [0, 0.05) is 23.6 Å². The first-order valence-electron chi connectivity index (χ1n) is 11.3. The van der Waals surface area contributed by atoms with Crippen molar-refractivity contribution in [2.24, 2.45) is 0 Å². The zero-order valence-electron chi connectivity index (χ0n) is 20.5. The molecular weight excluding hydrogens is 444 g/mol. The standard InChI is InChI=1S/C28H28N2O5/c1-28(2,3)35-27(32)30-24-17-20(33-4)14-15-21(24)22(25(30)18-10-7-6-8-11-18)16-19-12-9-13-23(29-19)26(31)34-5/h6-15,17H,16H2,1-5H3. The topological polar surface area (TPSA) is 79.7 Å². The molecule has 0 fully saturated rings. The van der Waals surface area contributed by atoms with Gasteiger partial charge in [0.15, 0.2) is 0 Å². The third kappa shape index (κ3) is 5.04. The molecule has 0 bridgehead atoms. The maximum Gasteiger partial charge on any atom is 0.419 e. The number of hydrogen-bond donors (Lipinski definition) is 0. The molecule has 0 aliphatic rings. The summed E-state index contributed by atoms with van der Waals surface area (Å²) in [4.78, 5) is 30.1. The van der Waals surface area contributed by atoms with Gasteiger partial charge in [-0.3, -0.25) is 0 Å². The Labute approximate surface area is 204 Å². The van der Waals surface area contributed by atoms with Gasteiger partial charge in [-0.05, 0) is 56.2 Å². The lowest BCUT2D eigenvalue weighted by atomic mass is 10.0. The SMILES string of the molecule is COC(=O)c1cccc(Cc2c(-c3ccccc3)n(C(=O)OC(C)(C)C)c3cc(OC)ccc23)n1. The molecule has 180 valence electrons. The van der Waals surface area contributed by atoms with E-state index in [4.69, 9.17) is 14.2 Å². The van der Waals surface area contributed by atoms with Crippen LogP contribution in [-0.2, 0) is 15.9 Å². The number of aromatic nitrogens is 2. The Hall–Kier alpha value is -4.13. The van der Waals surface area contributed by atoms with Crippen LogP contribution in [0.25, 0.3) is 22.2 Å². The molecule has 7 heteroatoms. The first kappa shape index (κ1) is 24.0. The quantitative estimate of drug-likeness (QED) is 0.338. The molecule has 4 rings (SSSR count). The normalized spacial score (nSPS) is 11.3. The predicted octanol–water partition coefficient (Wildman–Crippen LogP) is 5.87. The average Bonchev–Trinajstić information content (AvgIpc) is 3.16. The summed E-state index contributed by atoms with van der Waals surface area (Å²) in [5, 5.41) is 0.862. The van der Waals surface area contributed by atoms with E-state index < -0.39 is 17.7 Å². The van der Waals surface area contributed by atoms with Crippen molar-refractivity contribution >= 4 is 23.0 Å². The highest BCUT2D eigenvalue weighted by atomic mass is 16.6. The number of rotatable bonds is 5. The van der Waals surface area contributed by atoms with Crippen molar-refractivity contribution in [3.63, 3.8) is 0 Å². The number of pyridine rings is 1. The van der Waals surface area contributed by atoms with E-state index in [0.717, 1.165) is 16.5 Å². The van der Waals surface area contributed by atoms with Gasteiger partial charge in [0.25, 0.3) is 0 Å². The van der Waals surface area contributed by atoms with Crippen LogP contribution in [0.5, 0.6) is 5.75 Å². The first-order chi connectivity index (χ1) is 16.7. The molecule has 4 aromatic rings. The molecule has 35 heavy (non-hydrogen) atoms. The second-order valence-electron chi connectivity index (χ2n) is 9.07. The molecule has 0 radical (unpaired) electrons. The van der Waals surface area contributed by atoms with Crippen molar-refractivity contribution < 1.29 is 23.8 Å². The van der Waals surface area contributed by atoms with Crippen LogP contribution in [0.4, 0.5) is 4.79 Å². The summed E-state index contributed by atoms with van der Waals surface area (Å²) in [7, 11) is 2.91. The Balaban J connectivity index is 1.99. The van der Waals surface area contributed by atoms with Gasteiger partial charge in [0.2, 0.25) is 0 Å². The monoisotopic (exact) mass is 472 g/mol. The van der Waals surface area contributed by atoms with E-state index in [-0.39, 0.29) is 5.69 Å². The number of esters is 1. The third-order valence-corrected chi connectivity index (χ3v) is 5.46. The van der Waals surface area contributed by atoms with Crippen LogP contribution < -0.4 is 4.74 Å². The maximum atomic E-state index is 13.5. The number of nitrogens with zero attached hydrogens (tertiary/aromatic N) is 2. The van der Waals surface area contributed by atoms with E-state index in [9.17, 15) is 9.59 Å². The average molecular weight is 473 g/mol. The molecule has 2 heterocycles. The zero-order chi connectivity index (χ0) is 25.2. The van der Waals surface area contributed by atoms with Gasteiger partial charge < -0.3 is 14.2 Å². The Morgan fingerprint density at radius 1 is 0.943 bits per heavy atom. The maximum absolute atomic E-state index is 13.5. The second-order valence-corrected chi connectivity index (χ2v) is 9.07. The summed E-state index contributed by atoms with van der Waals surface area (Å²) in [6.07, 6.45) is -0.106. The Kier molecular flexibility index (Phi) is 6.60. The number of methoxy groups -OCH3 is 2. The van der Waals surface area contributed by atoms with Crippen molar-refractivity contribution in [3.8, 4) is 17.0 Å². The number of ether oxygens (including phenoxy) is 3. The first-order valence-corrected chi connectivity index (χ1v) is 11.3. The van der Waals surface area contributed by atoms with Crippen molar-refractivity contribution in [2.75, 3.05) is 14.2 Å². The number of hydrogen-bond acceptors (Lipinski definition) is 6. The van der Waals surface area contributed by atoms with Crippen LogP contribution in [0.3, 0.4) is 0 Å².